The van der Waals surface area contributed by atoms with Crippen molar-refractivity contribution in [2.24, 2.45) is 0 Å². The van der Waals surface area contributed by atoms with Gasteiger partial charge in [-0.3, -0.25) is 0 Å². The number of allylic oxidation sites excluding steroid dienone is 1. The van der Waals surface area contributed by atoms with Crippen LogP contribution in [0.15, 0.2) is 170 Å². The molecular weight excluding hydrogens is 591 g/mol. The summed E-state index contributed by atoms with van der Waals surface area (Å²) >= 11 is 0. The number of para-hydroxylation sites is 1. The van der Waals surface area contributed by atoms with Gasteiger partial charge in [-0.25, -0.2) is 0 Å². The normalized spacial score (nSPS) is 12.7. The Morgan fingerprint density at radius 1 is 0.408 bits per heavy atom. The Bertz CT molecular complexity index is 2740. The third-order valence-corrected chi connectivity index (χ3v) is 10.5. The van der Waals surface area contributed by atoms with E-state index < -0.39 is 0 Å². The number of hydrogen-bond acceptors (Lipinski definition) is 0. The molecule has 1 aliphatic rings. The van der Waals surface area contributed by atoms with Gasteiger partial charge in [-0.1, -0.05) is 146 Å². The Hall–Kier alpha value is -6.18. The van der Waals surface area contributed by atoms with Gasteiger partial charge < -0.3 is 4.57 Å². The van der Waals surface area contributed by atoms with Gasteiger partial charge in [-0.05, 0) is 109 Å². The van der Waals surface area contributed by atoms with E-state index in [2.05, 4.69) is 181 Å². The van der Waals surface area contributed by atoms with Crippen molar-refractivity contribution in [1.29, 1.82) is 0 Å². The average Bonchev–Trinajstić information content (AvgIpc) is 3.53. The summed E-state index contributed by atoms with van der Waals surface area (Å²) in [5.74, 6) is 0. The standard InChI is InChI=1S/C48H33N/c1-2-13-32(14-3-1)33-25-28-35(29-26-33)49-46-23-11-10-21-44(46)48-43(22-12-24-47(48)49)37-16-5-4-15-36(37)34-27-30-42-40-19-7-6-17-38(40)39-18-8-9-20-41(39)45(42)31-34/h1-7,9-17,19-31H,8,18H2. The maximum atomic E-state index is 2.44. The molecule has 0 aliphatic heterocycles. The summed E-state index contributed by atoms with van der Waals surface area (Å²) in [5.41, 5.74) is 13.9. The summed E-state index contributed by atoms with van der Waals surface area (Å²) in [6.07, 6.45) is 6.87. The fourth-order valence-electron chi connectivity index (χ4n) is 8.27. The van der Waals surface area contributed by atoms with E-state index in [-0.39, 0.29) is 0 Å². The molecule has 1 aromatic heterocycles. The molecule has 1 heterocycles. The van der Waals surface area contributed by atoms with Crippen LogP contribution in [0, 0.1) is 0 Å². The molecule has 230 valence electrons. The van der Waals surface area contributed by atoms with Crippen LogP contribution in [0.25, 0.3) is 88.5 Å². The van der Waals surface area contributed by atoms with E-state index in [1.807, 2.05) is 0 Å². The molecule has 0 fully saturated rings. The molecule has 1 aliphatic carbocycles. The Labute approximate surface area is 286 Å². The van der Waals surface area contributed by atoms with Crippen LogP contribution < -0.4 is 0 Å². The Morgan fingerprint density at radius 2 is 1.04 bits per heavy atom. The summed E-state index contributed by atoms with van der Waals surface area (Å²) in [7, 11) is 0. The first-order chi connectivity index (χ1) is 24.3. The van der Waals surface area contributed by atoms with E-state index in [9.17, 15) is 0 Å². The molecule has 0 saturated heterocycles. The van der Waals surface area contributed by atoms with Gasteiger partial charge in [-0.2, -0.15) is 0 Å². The average molecular weight is 624 g/mol. The number of hydrogen-bond donors (Lipinski definition) is 0. The summed E-state index contributed by atoms with van der Waals surface area (Å²) < 4.78 is 2.42. The van der Waals surface area contributed by atoms with E-state index in [4.69, 9.17) is 0 Å². The Morgan fingerprint density at radius 3 is 1.90 bits per heavy atom. The molecule has 8 aromatic carbocycles. The van der Waals surface area contributed by atoms with E-state index in [1.165, 1.54) is 87.9 Å². The van der Waals surface area contributed by atoms with Gasteiger partial charge in [0.1, 0.15) is 0 Å². The molecule has 0 atom stereocenters. The predicted octanol–water partition coefficient (Wildman–Crippen LogP) is 13.1. The van der Waals surface area contributed by atoms with E-state index >= 15 is 0 Å². The fraction of sp³-hybridized carbons (Fsp3) is 0.0417. The monoisotopic (exact) mass is 623 g/mol. The van der Waals surface area contributed by atoms with Crippen molar-refractivity contribution in [3.05, 3.63) is 181 Å². The summed E-state index contributed by atoms with van der Waals surface area (Å²) in [5, 5.41) is 7.95. The molecule has 0 saturated carbocycles. The molecule has 1 heteroatoms. The Balaban J connectivity index is 1.18. The number of aromatic nitrogens is 1. The van der Waals surface area contributed by atoms with Crippen LogP contribution in [0.4, 0.5) is 0 Å². The summed E-state index contributed by atoms with van der Waals surface area (Å²) in [6, 6.07) is 60.2. The highest BCUT2D eigenvalue weighted by molar-refractivity contribution is 6.17. The lowest BCUT2D eigenvalue weighted by atomic mass is 9.85. The highest BCUT2D eigenvalue weighted by Gasteiger charge is 2.19. The number of aryl methyl sites for hydroxylation is 1. The van der Waals surface area contributed by atoms with Crippen LogP contribution in [-0.2, 0) is 6.42 Å². The van der Waals surface area contributed by atoms with Gasteiger partial charge in [-0.15, -0.1) is 0 Å². The van der Waals surface area contributed by atoms with Crippen molar-refractivity contribution < 1.29 is 0 Å². The van der Waals surface area contributed by atoms with Gasteiger partial charge in [0.05, 0.1) is 11.0 Å². The molecule has 0 N–H and O–H groups in total. The zero-order chi connectivity index (χ0) is 32.3. The second kappa shape index (κ2) is 11.2. The molecule has 0 unspecified atom stereocenters. The first-order valence-electron chi connectivity index (χ1n) is 17.3. The van der Waals surface area contributed by atoms with Crippen LogP contribution in [0.2, 0.25) is 0 Å². The molecule has 0 bridgehead atoms. The quantitative estimate of drug-likeness (QED) is 0.172. The lowest BCUT2D eigenvalue weighted by Crippen LogP contribution is -1.98. The molecule has 0 spiro atoms. The van der Waals surface area contributed by atoms with Crippen molar-refractivity contribution >= 4 is 49.4 Å². The zero-order valence-corrected chi connectivity index (χ0v) is 27.1. The van der Waals surface area contributed by atoms with E-state index in [0.717, 1.165) is 18.5 Å². The number of rotatable bonds is 4. The topological polar surface area (TPSA) is 4.93 Å². The highest BCUT2D eigenvalue weighted by Crippen LogP contribution is 2.44. The van der Waals surface area contributed by atoms with E-state index in [0.29, 0.717) is 0 Å². The van der Waals surface area contributed by atoms with Gasteiger partial charge in [0, 0.05) is 16.5 Å². The molecule has 1 nitrogen and oxygen atoms in total. The first kappa shape index (κ1) is 27.9. The predicted molar refractivity (Wildman–Crippen MR) is 209 cm³/mol. The third-order valence-electron chi connectivity index (χ3n) is 10.5. The number of nitrogens with zero attached hydrogens (tertiary/aromatic N) is 1. The van der Waals surface area contributed by atoms with Gasteiger partial charge in [0.2, 0.25) is 0 Å². The van der Waals surface area contributed by atoms with Crippen LogP contribution in [0.3, 0.4) is 0 Å². The SMILES string of the molecule is C1=Cc2c(c3ccccc3c3ccc(-c4ccccc4-c4cccc5c4c4ccccc4n5-c4ccc(-c5ccccc5)cc4)cc23)CC1. The first-order valence-corrected chi connectivity index (χ1v) is 17.3. The maximum absolute atomic E-state index is 2.44. The minimum Gasteiger partial charge on any atom is -0.309 e. The summed E-state index contributed by atoms with van der Waals surface area (Å²) in [6.45, 7) is 0. The highest BCUT2D eigenvalue weighted by atomic mass is 15.0. The lowest BCUT2D eigenvalue weighted by molar-refractivity contribution is 1.00. The van der Waals surface area contributed by atoms with Crippen molar-refractivity contribution in [1.82, 2.24) is 4.57 Å². The molecule has 0 radical (unpaired) electrons. The summed E-state index contributed by atoms with van der Waals surface area (Å²) in [4.78, 5) is 0. The second-order valence-electron chi connectivity index (χ2n) is 13.1. The lowest BCUT2D eigenvalue weighted by Gasteiger charge is -2.19. The van der Waals surface area contributed by atoms with Crippen LogP contribution in [0.5, 0.6) is 0 Å². The Kier molecular flexibility index (Phi) is 6.38. The second-order valence-corrected chi connectivity index (χ2v) is 13.1. The van der Waals surface area contributed by atoms with Crippen molar-refractivity contribution in [2.75, 3.05) is 0 Å². The van der Waals surface area contributed by atoms with Gasteiger partial charge in [0.25, 0.3) is 0 Å². The molecular formula is C48H33N. The van der Waals surface area contributed by atoms with Crippen LogP contribution in [-0.4, -0.2) is 4.57 Å². The third kappa shape index (κ3) is 4.40. The minimum atomic E-state index is 1.09. The minimum absolute atomic E-state index is 1.09. The van der Waals surface area contributed by atoms with Crippen molar-refractivity contribution in [2.45, 2.75) is 12.8 Å². The number of benzene rings is 8. The van der Waals surface area contributed by atoms with Crippen molar-refractivity contribution in [3.8, 4) is 39.1 Å². The molecule has 49 heavy (non-hydrogen) atoms. The zero-order valence-electron chi connectivity index (χ0n) is 27.1. The van der Waals surface area contributed by atoms with Crippen LogP contribution >= 0.6 is 0 Å². The van der Waals surface area contributed by atoms with Crippen LogP contribution in [0.1, 0.15) is 17.5 Å². The van der Waals surface area contributed by atoms with Gasteiger partial charge in [0.15, 0.2) is 0 Å². The van der Waals surface area contributed by atoms with Gasteiger partial charge >= 0.3 is 0 Å². The fourth-order valence-corrected chi connectivity index (χ4v) is 8.27. The largest absolute Gasteiger partial charge is 0.309 e. The smallest absolute Gasteiger partial charge is 0.0547 e. The van der Waals surface area contributed by atoms with E-state index in [1.54, 1.807) is 0 Å². The molecule has 10 rings (SSSR count). The number of fused-ring (bicyclic) bond motifs is 9. The maximum Gasteiger partial charge on any atom is 0.0547 e. The molecule has 9 aromatic rings. The molecule has 0 amide bonds. The van der Waals surface area contributed by atoms with Crippen molar-refractivity contribution in [3.63, 3.8) is 0 Å².